The fourth-order valence-electron chi connectivity index (χ4n) is 2.27. The average Bonchev–Trinajstić information content (AvgIpc) is 2.42. The number of nitrogens with two attached hydrogens (primary N) is 1. The van der Waals surface area contributed by atoms with Crippen LogP contribution in [0, 0.1) is 5.92 Å². The first-order valence-electron chi connectivity index (χ1n) is 6.41. The Morgan fingerprint density at radius 3 is 2.80 bits per heavy atom. The number of nitrogen functional groups attached to an aromatic ring is 1. The van der Waals surface area contributed by atoms with Crippen LogP contribution >= 0.6 is 15.9 Å². The molecule has 0 saturated carbocycles. The monoisotopic (exact) mass is 363 g/mol. The van der Waals surface area contributed by atoms with Crippen LogP contribution in [0.2, 0.25) is 0 Å². The summed E-state index contributed by atoms with van der Waals surface area (Å²) in [5.41, 5.74) is 5.66. The Hall–Kier alpha value is -0.700. The molecule has 0 spiro atoms. The molecule has 1 saturated heterocycles. The molecule has 8 heteroatoms. The Morgan fingerprint density at radius 2 is 2.15 bits per heavy atom. The van der Waals surface area contributed by atoms with Gasteiger partial charge in [-0.1, -0.05) is 0 Å². The second-order valence-electron chi connectivity index (χ2n) is 4.90. The van der Waals surface area contributed by atoms with Gasteiger partial charge in [0.25, 0.3) is 0 Å². The van der Waals surface area contributed by atoms with Gasteiger partial charge in [-0.2, -0.15) is 0 Å². The molecule has 1 aliphatic rings. The Morgan fingerprint density at radius 1 is 1.50 bits per heavy atom. The number of rotatable bonds is 4. The summed E-state index contributed by atoms with van der Waals surface area (Å²) < 4.78 is 33.3. The van der Waals surface area contributed by atoms with E-state index >= 15 is 0 Å². The lowest BCUT2D eigenvalue weighted by Crippen LogP contribution is -2.40. The molecule has 0 aliphatic carbocycles. The van der Waals surface area contributed by atoms with Crippen molar-refractivity contribution in [3.63, 3.8) is 0 Å². The summed E-state index contributed by atoms with van der Waals surface area (Å²) >= 11 is 3.20. The lowest BCUT2D eigenvalue weighted by molar-refractivity contribution is 0.0585. The zero-order valence-electron chi connectivity index (χ0n) is 11.2. The SMILES string of the molecule is CC(NS(=O)(=O)c1cc(Br)cnc1N)C1CCOCC1. The summed E-state index contributed by atoms with van der Waals surface area (Å²) in [4.78, 5) is 3.86. The summed E-state index contributed by atoms with van der Waals surface area (Å²) in [6.07, 6.45) is 3.18. The molecule has 20 heavy (non-hydrogen) atoms. The van der Waals surface area contributed by atoms with E-state index in [9.17, 15) is 8.42 Å². The Labute approximate surface area is 127 Å². The van der Waals surface area contributed by atoms with Gasteiger partial charge in [-0.05, 0) is 47.7 Å². The minimum atomic E-state index is -3.67. The molecule has 0 aromatic carbocycles. The van der Waals surface area contributed by atoms with Gasteiger partial charge < -0.3 is 10.5 Å². The second-order valence-corrected chi connectivity index (χ2v) is 7.49. The molecule has 0 bridgehead atoms. The van der Waals surface area contributed by atoms with Gasteiger partial charge in [0.05, 0.1) is 0 Å². The third kappa shape index (κ3) is 3.69. The summed E-state index contributed by atoms with van der Waals surface area (Å²) in [5.74, 6) is 0.278. The molecule has 112 valence electrons. The Bertz CT molecular complexity index is 573. The van der Waals surface area contributed by atoms with Gasteiger partial charge in [0, 0.05) is 29.9 Å². The molecule has 6 nitrogen and oxygen atoms in total. The van der Waals surface area contributed by atoms with E-state index in [-0.39, 0.29) is 22.7 Å². The zero-order chi connectivity index (χ0) is 14.8. The number of hydrogen-bond donors (Lipinski definition) is 2. The van der Waals surface area contributed by atoms with Crippen molar-refractivity contribution < 1.29 is 13.2 Å². The number of halogens is 1. The average molecular weight is 364 g/mol. The van der Waals surface area contributed by atoms with E-state index in [0.717, 1.165) is 12.8 Å². The molecule has 1 aromatic rings. The van der Waals surface area contributed by atoms with Gasteiger partial charge in [-0.3, -0.25) is 0 Å². The first-order valence-corrected chi connectivity index (χ1v) is 8.69. The number of hydrogen-bond acceptors (Lipinski definition) is 5. The van der Waals surface area contributed by atoms with Gasteiger partial charge in [-0.25, -0.2) is 18.1 Å². The predicted octanol–water partition coefficient (Wildman–Crippen LogP) is 1.52. The minimum absolute atomic E-state index is 0.000113. The number of nitrogens with one attached hydrogen (secondary N) is 1. The first kappa shape index (κ1) is 15.7. The van der Waals surface area contributed by atoms with Crippen LogP contribution in [-0.2, 0) is 14.8 Å². The van der Waals surface area contributed by atoms with Gasteiger partial charge in [0.1, 0.15) is 10.7 Å². The van der Waals surface area contributed by atoms with Gasteiger partial charge in [-0.15, -0.1) is 0 Å². The lowest BCUT2D eigenvalue weighted by Gasteiger charge is -2.28. The molecule has 3 N–H and O–H groups in total. The highest BCUT2D eigenvalue weighted by Gasteiger charge is 2.27. The van der Waals surface area contributed by atoms with Crippen LogP contribution in [0.1, 0.15) is 19.8 Å². The fourth-order valence-corrected chi connectivity index (χ4v) is 4.17. The smallest absolute Gasteiger partial charge is 0.244 e. The van der Waals surface area contributed by atoms with Crippen LogP contribution in [0.3, 0.4) is 0 Å². The van der Waals surface area contributed by atoms with Crippen LogP contribution in [0.5, 0.6) is 0 Å². The number of anilines is 1. The molecule has 2 rings (SSSR count). The van der Waals surface area contributed by atoms with E-state index in [1.54, 1.807) is 0 Å². The van der Waals surface area contributed by atoms with Gasteiger partial charge in [0.15, 0.2) is 0 Å². The molecule has 1 atom stereocenters. The number of sulfonamides is 1. The topological polar surface area (TPSA) is 94.3 Å². The summed E-state index contributed by atoms with van der Waals surface area (Å²) in [6.45, 7) is 3.23. The van der Waals surface area contributed by atoms with Crippen molar-refractivity contribution in [3.05, 3.63) is 16.7 Å². The molecular weight excluding hydrogens is 346 g/mol. The number of nitrogens with zero attached hydrogens (tertiary/aromatic N) is 1. The molecular formula is C12H18BrN3O3S. The highest BCUT2D eigenvalue weighted by Crippen LogP contribution is 2.23. The van der Waals surface area contributed by atoms with Crippen molar-refractivity contribution in [3.8, 4) is 0 Å². The van der Waals surface area contributed by atoms with Gasteiger partial charge in [0.2, 0.25) is 10.0 Å². The lowest BCUT2D eigenvalue weighted by atomic mass is 9.94. The number of pyridine rings is 1. The molecule has 1 aliphatic heterocycles. The quantitative estimate of drug-likeness (QED) is 0.845. The van der Waals surface area contributed by atoms with E-state index in [1.807, 2.05) is 6.92 Å². The highest BCUT2D eigenvalue weighted by atomic mass is 79.9. The maximum absolute atomic E-state index is 12.4. The van der Waals surface area contributed by atoms with E-state index < -0.39 is 10.0 Å². The first-order chi connectivity index (χ1) is 9.40. The maximum atomic E-state index is 12.4. The third-order valence-electron chi connectivity index (χ3n) is 3.45. The minimum Gasteiger partial charge on any atom is -0.383 e. The third-order valence-corrected chi connectivity index (χ3v) is 5.47. The Balaban J connectivity index is 2.16. The van der Waals surface area contributed by atoms with Crippen LogP contribution in [0.25, 0.3) is 0 Å². The van der Waals surface area contributed by atoms with Crippen LogP contribution in [-0.4, -0.2) is 32.7 Å². The second kappa shape index (κ2) is 6.38. The molecule has 0 amide bonds. The van der Waals surface area contributed by atoms with Crippen molar-refractivity contribution in [2.75, 3.05) is 18.9 Å². The van der Waals surface area contributed by atoms with E-state index in [1.165, 1.54) is 12.3 Å². The standard InChI is InChI=1S/C12H18BrN3O3S/c1-8(9-2-4-19-5-3-9)16-20(17,18)11-6-10(13)7-15-12(11)14/h6-9,16H,2-5H2,1H3,(H2,14,15). The number of ether oxygens (including phenoxy) is 1. The van der Waals surface area contributed by atoms with E-state index in [4.69, 9.17) is 10.5 Å². The molecule has 1 unspecified atom stereocenters. The summed E-state index contributed by atoms with van der Waals surface area (Å²) in [7, 11) is -3.67. The van der Waals surface area contributed by atoms with Crippen molar-refractivity contribution >= 4 is 31.8 Å². The van der Waals surface area contributed by atoms with Crippen LogP contribution in [0.15, 0.2) is 21.6 Å². The van der Waals surface area contributed by atoms with E-state index in [0.29, 0.717) is 17.7 Å². The van der Waals surface area contributed by atoms with Crippen molar-refractivity contribution in [2.45, 2.75) is 30.7 Å². The van der Waals surface area contributed by atoms with E-state index in [2.05, 4.69) is 25.6 Å². The summed E-state index contributed by atoms with van der Waals surface area (Å²) in [6, 6.07) is 1.30. The van der Waals surface area contributed by atoms with Crippen molar-refractivity contribution in [2.24, 2.45) is 5.92 Å². The molecule has 1 aromatic heterocycles. The molecule has 1 fully saturated rings. The molecule has 2 heterocycles. The Kier molecular flexibility index (Phi) is 5.00. The fraction of sp³-hybridized carbons (Fsp3) is 0.583. The normalized spacial score (nSPS) is 18.9. The highest BCUT2D eigenvalue weighted by molar-refractivity contribution is 9.10. The van der Waals surface area contributed by atoms with Crippen LogP contribution < -0.4 is 10.5 Å². The zero-order valence-corrected chi connectivity index (χ0v) is 13.6. The largest absolute Gasteiger partial charge is 0.383 e. The maximum Gasteiger partial charge on any atom is 0.244 e. The molecule has 0 radical (unpaired) electrons. The summed E-state index contributed by atoms with van der Waals surface area (Å²) in [5, 5.41) is 0. The van der Waals surface area contributed by atoms with Gasteiger partial charge >= 0.3 is 0 Å². The predicted molar refractivity (Wildman–Crippen MR) is 79.7 cm³/mol. The van der Waals surface area contributed by atoms with Crippen molar-refractivity contribution in [1.29, 1.82) is 0 Å². The number of aromatic nitrogens is 1. The van der Waals surface area contributed by atoms with Crippen molar-refractivity contribution in [1.82, 2.24) is 9.71 Å². The van der Waals surface area contributed by atoms with Crippen LogP contribution in [0.4, 0.5) is 5.82 Å².